The molecule has 3 amide bonds. The Balaban J connectivity index is 1.64. The van der Waals surface area contributed by atoms with E-state index in [1.807, 2.05) is 51.1 Å². The number of nitrogens with one attached hydrogen (secondary N) is 4. The second-order valence-corrected chi connectivity index (χ2v) is 7.06. The number of urea groups is 1. The number of hydrogen-bond donors (Lipinski definition) is 4. The Morgan fingerprint density at radius 2 is 1.86 bits per heavy atom. The largest absolute Gasteiger partial charge is 0.331 e. The van der Waals surface area contributed by atoms with E-state index in [2.05, 4.69) is 31.1 Å². The Hall–Kier alpha value is -3.42. The molecule has 8 nitrogen and oxygen atoms in total. The van der Waals surface area contributed by atoms with Gasteiger partial charge in [-0.25, -0.2) is 9.78 Å². The van der Waals surface area contributed by atoms with Crippen LogP contribution >= 0.6 is 0 Å². The Morgan fingerprint density at radius 1 is 1.11 bits per heavy atom. The summed E-state index contributed by atoms with van der Waals surface area (Å²) in [7, 11) is 0. The molecule has 1 atom stereocenters. The third kappa shape index (κ3) is 4.85. The molecular weight excluding hydrogens is 356 g/mol. The van der Waals surface area contributed by atoms with E-state index in [0.29, 0.717) is 29.0 Å². The molecular formula is C20H24N6O2. The van der Waals surface area contributed by atoms with Gasteiger partial charge in [-0.05, 0) is 18.4 Å². The van der Waals surface area contributed by atoms with Gasteiger partial charge in [-0.1, -0.05) is 44.2 Å². The summed E-state index contributed by atoms with van der Waals surface area (Å²) in [5, 5.41) is 16.0. The third-order valence-corrected chi connectivity index (χ3v) is 4.19. The molecule has 1 aromatic carbocycles. The van der Waals surface area contributed by atoms with E-state index in [-0.39, 0.29) is 23.9 Å². The Labute approximate surface area is 163 Å². The van der Waals surface area contributed by atoms with E-state index < -0.39 is 0 Å². The van der Waals surface area contributed by atoms with Crippen LogP contribution in [0.15, 0.2) is 42.6 Å². The number of aromatic amines is 1. The van der Waals surface area contributed by atoms with Gasteiger partial charge in [0.25, 0.3) is 0 Å². The van der Waals surface area contributed by atoms with Crippen LogP contribution in [0, 0.1) is 5.92 Å². The monoisotopic (exact) mass is 380 g/mol. The summed E-state index contributed by atoms with van der Waals surface area (Å²) in [6.45, 7) is 5.86. The fraction of sp³-hybridized carbons (Fsp3) is 0.300. The lowest BCUT2D eigenvalue weighted by Crippen LogP contribution is -2.31. The van der Waals surface area contributed by atoms with Crippen LogP contribution < -0.4 is 16.0 Å². The molecule has 2 heterocycles. The van der Waals surface area contributed by atoms with Gasteiger partial charge >= 0.3 is 6.03 Å². The summed E-state index contributed by atoms with van der Waals surface area (Å²) >= 11 is 0. The topological polar surface area (TPSA) is 112 Å². The first-order chi connectivity index (χ1) is 13.4. The maximum absolute atomic E-state index is 12.2. The molecule has 8 heteroatoms. The van der Waals surface area contributed by atoms with Crippen LogP contribution in [-0.2, 0) is 4.79 Å². The zero-order chi connectivity index (χ0) is 20.1. The number of amides is 3. The van der Waals surface area contributed by atoms with Crippen molar-refractivity contribution in [2.24, 2.45) is 5.92 Å². The van der Waals surface area contributed by atoms with Crippen molar-refractivity contribution >= 4 is 34.5 Å². The first kappa shape index (κ1) is 19.3. The number of rotatable bonds is 6. The molecule has 3 rings (SSSR count). The van der Waals surface area contributed by atoms with E-state index in [1.54, 1.807) is 12.3 Å². The van der Waals surface area contributed by atoms with Gasteiger partial charge in [0.15, 0.2) is 5.82 Å². The highest BCUT2D eigenvalue weighted by molar-refractivity contribution is 6.00. The van der Waals surface area contributed by atoms with Gasteiger partial charge in [0.1, 0.15) is 5.82 Å². The summed E-state index contributed by atoms with van der Waals surface area (Å²) in [6.07, 6.45) is 1.99. The maximum Gasteiger partial charge on any atom is 0.320 e. The second kappa shape index (κ2) is 8.51. The van der Waals surface area contributed by atoms with Crippen molar-refractivity contribution < 1.29 is 9.59 Å². The minimum absolute atomic E-state index is 0.0973. The number of benzene rings is 1. The molecule has 0 spiro atoms. The molecule has 0 aliphatic rings. The number of hydrogen-bond acceptors (Lipinski definition) is 4. The lowest BCUT2D eigenvalue weighted by atomic mass is 10.1. The van der Waals surface area contributed by atoms with Crippen molar-refractivity contribution in [2.45, 2.75) is 33.2 Å². The van der Waals surface area contributed by atoms with Gasteiger partial charge in [0.05, 0.1) is 16.9 Å². The van der Waals surface area contributed by atoms with Gasteiger partial charge in [-0.2, -0.15) is 5.10 Å². The zero-order valence-corrected chi connectivity index (χ0v) is 16.1. The highest BCUT2D eigenvalue weighted by Crippen LogP contribution is 2.22. The Bertz CT molecular complexity index is 967. The molecule has 4 N–H and O–H groups in total. The average Bonchev–Trinajstić information content (AvgIpc) is 3.03. The molecule has 146 valence electrons. The smallest absolute Gasteiger partial charge is 0.320 e. The molecule has 2 aromatic heterocycles. The first-order valence-corrected chi connectivity index (χ1v) is 9.19. The number of H-pyrrole nitrogens is 1. The van der Waals surface area contributed by atoms with E-state index in [0.717, 1.165) is 5.56 Å². The van der Waals surface area contributed by atoms with Crippen molar-refractivity contribution in [1.29, 1.82) is 0 Å². The highest BCUT2D eigenvalue weighted by Gasteiger charge is 2.13. The average molecular weight is 380 g/mol. The van der Waals surface area contributed by atoms with Gasteiger partial charge in [-0.15, -0.1) is 0 Å². The lowest BCUT2D eigenvalue weighted by Gasteiger charge is -2.14. The molecule has 0 bridgehead atoms. The van der Waals surface area contributed by atoms with Crippen LogP contribution in [0.4, 0.5) is 16.4 Å². The predicted octanol–water partition coefficient (Wildman–Crippen LogP) is 3.83. The number of aromatic nitrogens is 3. The number of anilines is 2. The van der Waals surface area contributed by atoms with E-state index in [9.17, 15) is 9.59 Å². The number of carbonyl (C=O) groups is 2. The number of carbonyl (C=O) groups excluding carboxylic acids is 2. The molecule has 0 radical (unpaired) electrons. The van der Waals surface area contributed by atoms with E-state index in [4.69, 9.17) is 0 Å². The standard InChI is InChI=1S/C20H24N6O2/c1-12(2)9-18(27)24-19-15-11-21-17(10-16(15)25-26-19)23-20(28)22-13(3)14-7-5-4-6-8-14/h4-8,10-13H,9H2,1-3H3,(H2,21,22,23,28)(H2,24,25,26,27)/t13-/m1/s1. The molecule has 0 saturated carbocycles. The van der Waals surface area contributed by atoms with Crippen LogP contribution in [0.25, 0.3) is 10.9 Å². The SMILES string of the molecule is CC(C)CC(=O)Nc1n[nH]c2cc(NC(=O)N[C@H](C)c3ccccc3)ncc12. The van der Waals surface area contributed by atoms with E-state index >= 15 is 0 Å². The van der Waals surface area contributed by atoms with E-state index in [1.165, 1.54) is 0 Å². The van der Waals surface area contributed by atoms with Gasteiger partial charge in [0, 0.05) is 18.7 Å². The van der Waals surface area contributed by atoms with Crippen molar-refractivity contribution in [3.05, 3.63) is 48.2 Å². The predicted molar refractivity (Wildman–Crippen MR) is 109 cm³/mol. The highest BCUT2D eigenvalue weighted by atomic mass is 16.2. The summed E-state index contributed by atoms with van der Waals surface area (Å²) in [5.74, 6) is 0.978. The number of pyridine rings is 1. The van der Waals surface area contributed by atoms with Crippen molar-refractivity contribution in [3.8, 4) is 0 Å². The van der Waals surface area contributed by atoms with Crippen LogP contribution in [-0.4, -0.2) is 27.1 Å². The Kier molecular flexibility index (Phi) is 5.88. The minimum atomic E-state index is -0.354. The zero-order valence-electron chi connectivity index (χ0n) is 16.1. The summed E-state index contributed by atoms with van der Waals surface area (Å²) in [4.78, 5) is 28.4. The molecule has 28 heavy (non-hydrogen) atoms. The third-order valence-electron chi connectivity index (χ3n) is 4.19. The summed E-state index contributed by atoms with van der Waals surface area (Å²) < 4.78 is 0. The quantitative estimate of drug-likeness (QED) is 0.521. The summed E-state index contributed by atoms with van der Waals surface area (Å²) in [5.41, 5.74) is 1.68. The molecule has 0 saturated heterocycles. The molecule has 0 aliphatic carbocycles. The summed E-state index contributed by atoms with van der Waals surface area (Å²) in [6, 6.07) is 10.9. The van der Waals surface area contributed by atoms with Crippen LogP contribution in [0.1, 0.15) is 38.8 Å². The fourth-order valence-corrected chi connectivity index (χ4v) is 2.80. The molecule has 3 aromatic rings. The van der Waals surface area contributed by atoms with Crippen molar-refractivity contribution in [1.82, 2.24) is 20.5 Å². The molecule has 0 aliphatic heterocycles. The fourth-order valence-electron chi connectivity index (χ4n) is 2.80. The van der Waals surface area contributed by atoms with Crippen LogP contribution in [0.5, 0.6) is 0 Å². The number of nitrogens with zero attached hydrogens (tertiary/aromatic N) is 2. The lowest BCUT2D eigenvalue weighted by molar-refractivity contribution is -0.116. The minimum Gasteiger partial charge on any atom is -0.331 e. The number of fused-ring (bicyclic) bond motifs is 1. The Morgan fingerprint density at radius 3 is 2.57 bits per heavy atom. The first-order valence-electron chi connectivity index (χ1n) is 9.19. The normalized spacial score (nSPS) is 12.0. The van der Waals surface area contributed by atoms with Crippen LogP contribution in [0.2, 0.25) is 0 Å². The van der Waals surface area contributed by atoms with Gasteiger partial charge in [-0.3, -0.25) is 15.2 Å². The van der Waals surface area contributed by atoms with Gasteiger partial charge in [0.2, 0.25) is 5.91 Å². The molecule has 0 fully saturated rings. The van der Waals surface area contributed by atoms with Gasteiger partial charge < -0.3 is 10.6 Å². The molecule has 0 unspecified atom stereocenters. The van der Waals surface area contributed by atoms with Crippen molar-refractivity contribution in [3.63, 3.8) is 0 Å². The van der Waals surface area contributed by atoms with Crippen molar-refractivity contribution in [2.75, 3.05) is 10.6 Å². The second-order valence-electron chi connectivity index (χ2n) is 7.06. The maximum atomic E-state index is 12.2. The van der Waals surface area contributed by atoms with Crippen LogP contribution in [0.3, 0.4) is 0 Å².